The standard InChI is InChI=1S/HI.2O.Sn/h1H;;;. The van der Waals surface area contributed by atoms with E-state index in [1.165, 1.54) is 0 Å². The van der Waals surface area contributed by atoms with Crippen LogP contribution in [0.3, 0.4) is 0 Å². The van der Waals surface area contributed by atoms with Crippen molar-refractivity contribution in [3.63, 3.8) is 0 Å². The van der Waals surface area contributed by atoms with Gasteiger partial charge in [0.15, 0.2) is 0 Å². The normalized spacial score (nSPS) is 2.00. The van der Waals surface area contributed by atoms with E-state index in [1.54, 1.807) is 0 Å². The summed E-state index contributed by atoms with van der Waals surface area (Å²) in [6.45, 7) is 0. The van der Waals surface area contributed by atoms with Crippen molar-refractivity contribution in [1.82, 2.24) is 0 Å². The van der Waals surface area contributed by atoms with Crippen molar-refractivity contribution in [2.24, 2.45) is 0 Å². The summed E-state index contributed by atoms with van der Waals surface area (Å²) in [6.07, 6.45) is 0. The van der Waals surface area contributed by atoms with E-state index >= 15 is 0 Å². The summed E-state index contributed by atoms with van der Waals surface area (Å²) in [5, 5.41) is 0. The molecule has 0 bridgehead atoms. The molecule has 0 aliphatic carbocycles. The molecule has 4 heavy (non-hydrogen) atoms. The molecule has 0 saturated heterocycles. The van der Waals surface area contributed by atoms with Crippen LogP contribution < -0.4 is 0 Å². The molecule has 4 heteroatoms. The average molecular weight is 279 g/mol. The average Bonchev–Trinajstić information content (AvgIpc) is 0.918. The van der Waals surface area contributed by atoms with Gasteiger partial charge in [0.1, 0.15) is 0 Å². The van der Waals surface area contributed by atoms with Crippen LogP contribution in [0.1, 0.15) is 0 Å². The molecule has 0 heterocycles. The summed E-state index contributed by atoms with van der Waals surface area (Å²) in [6, 6.07) is 0. The summed E-state index contributed by atoms with van der Waals surface area (Å²) < 4.78 is 17.1. The van der Waals surface area contributed by atoms with E-state index in [-0.39, 0.29) is 24.0 Å². The maximum atomic E-state index is 8.54. The van der Waals surface area contributed by atoms with Gasteiger partial charge < -0.3 is 0 Å². The summed E-state index contributed by atoms with van der Waals surface area (Å²) in [7, 11) is 0. The van der Waals surface area contributed by atoms with E-state index in [9.17, 15) is 0 Å². The molecule has 2 nitrogen and oxygen atoms in total. The van der Waals surface area contributed by atoms with E-state index in [1.807, 2.05) is 0 Å². The van der Waals surface area contributed by atoms with Crippen LogP contribution in [0.25, 0.3) is 0 Å². The Bertz CT molecular complexity index is 27.0. The third kappa shape index (κ3) is 11.1. The first kappa shape index (κ1) is 8.93. The molecular weight excluding hydrogens is 278 g/mol. The molecule has 0 spiro atoms. The van der Waals surface area contributed by atoms with Crippen molar-refractivity contribution in [1.29, 1.82) is 0 Å². The van der Waals surface area contributed by atoms with Gasteiger partial charge in [-0.1, -0.05) is 0 Å². The number of halogens is 1. The Hall–Kier alpha value is 1.13. The minimum atomic E-state index is -2.27. The molecule has 0 rings (SSSR count). The first-order valence-corrected chi connectivity index (χ1v) is 2.74. The van der Waals surface area contributed by atoms with Gasteiger partial charge in [-0.2, -0.15) is 0 Å². The summed E-state index contributed by atoms with van der Waals surface area (Å²) in [4.78, 5) is 0. The van der Waals surface area contributed by atoms with Crippen molar-refractivity contribution in [2.45, 2.75) is 0 Å². The van der Waals surface area contributed by atoms with Gasteiger partial charge in [-0.05, 0) is 0 Å². The molecule has 0 aliphatic rings. The van der Waals surface area contributed by atoms with Crippen molar-refractivity contribution in [3.05, 3.63) is 0 Å². The molecular formula is HIO2Sn. The zero-order valence-corrected chi connectivity index (χ0v) is 6.91. The Morgan fingerprint density at radius 1 is 1.25 bits per heavy atom. The quantitative estimate of drug-likeness (QED) is 0.462. The fraction of sp³-hybridized carbons (Fsp3) is 0. The molecule has 0 aromatic carbocycles. The van der Waals surface area contributed by atoms with E-state index < -0.39 is 21.1 Å². The van der Waals surface area contributed by atoms with Crippen molar-refractivity contribution in [3.8, 4) is 0 Å². The van der Waals surface area contributed by atoms with Crippen LogP contribution in [0.5, 0.6) is 0 Å². The molecule has 0 aliphatic heterocycles. The van der Waals surface area contributed by atoms with E-state index in [0.29, 0.717) is 0 Å². The van der Waals surface area contributed by atoms with Crippen LogP contribution in [0.2, 0.25) is 0 Å². The first-order chi connectivity index (χ1) is 1.41. The van der Waals surface area contributed by atoms with Gasteiger partial charge in [0.05, 0.1) is 0 Å². The topological polar surface area (TPSA) is 34.1 Å². The maximum absolute atomic E-state index is 8.54. The molecule has 0 unspecified atom stereocenters. The molecule has 0 N–H and O–H groups in total. The van der Waals surface area contributed by atoms with Gasteiger partial charge in [-0.15, -0.1) is 24.0 Å². The van der Waals surface area contributed by atoms with Crippen molar-refractivity contribution >= 4 is 45.1 Å². The molecule has 0 aromatic heterocycles. The number of rotatable bonds is 0. The van der Waals surface area contributed by atoms with Crippen molar-refractivity contribution in [2.75, 3.05) is 0 Å². The predicted molar refractivity (Wildman–Crippen MR) is 22.5 cm³/mol. The van der Waals surface area contributed by atoms with Gasteiger partial charge in [0, 0.05) is 0 Å². The second-order valence-corrected chi connectivity index (χ2v) is 0.559. The fourth-order valence-electron chi connectivity index (χ4n) is 0. The minimum absolute atomic E-state index is 0. The SMILES string of the molecule is I.[O]=[Sn]=[O]. The van der Waals surface area contributed by atoms with Gasteiger partial charge in [0.25, 0.3) is 0 Å². The van der Waals surface area contributed by atoms with Gasteiger partial charge in [0.2, 0.25) is 0 Å². The molecule has 0 saturated carbocycles. The van der Waals surface area contributed by atoms with Crippen molar-refractivity contribution < 1.29 is 6.15 Å². The Kier molecular flexibility index (Phi) is 19.9. The number of hydrogen-bond donors (Lipinski definition) is 0. The van der Waals surface area contributed by atoms with Crippen LogP contribution in [0.15, 0.2) is 0 Å². The Labute approximate surface area is 51.0 Å². The Balaban J connectivity index is 0. The molecule has 0 atom stereocenters. The zero-order valence-electron chi connectivity index (χ0n) is 1.72. The number of hydrogen-bond acceptors (Lipinski definition) is 2. The molecule has 0 fully saturated rings. The van der Waals surface area contributed by atoms with Crippen LogP contribution in [-0.2, 0) is 6.15 Å². The van der Waals surface area contributed by atoms with Gasteiger partial charge >= 0.3 is 27.3 Å². The monoisotopic (exact) mass is 280 g/mol. The summed E-state index contributed by atoms with van der Waals surface area (Å²) in [5.74, 6) is 0. The zero-order chi connectivity index (χ0) is 2.71. The van der Waals surface area contributed by atoms with Crippen LogP contribution in [-0.4, -0.2) is 21.1 Å². The summed E-state index contributed by atoms with van der Waals surface area (Å²) >= 11 is -2.27. The third-order valence-electron chi connectivity index (χ3n) is 0. The van der Waals surface area contributed by atoms with E-state index in [4.69, 9.17) is 6.15 Å². The van der Waals surface area contributed by atoms with E-state index in [2.05, 4.69) is 0 Å². The summed E-state index contributed by atoms with van der Waals surface area (Å²) in [5.41, 5.74) is 0. The molecule has 0 amide bonds. The molecule has 0 radical (unpaired) electrons. The third-order valence-corrected chi connectivity index (χ3v) is 0. The first-order valence-electron chi connectivity index (χ1n) is 0.408. The second kappa shape index (κ2) is 8.92. The second-order valence-electron chi connectivity index (χ2n) is 0.0833. The van der Waals surface area contributed by atoms with Crippen LogP contribution in [0, 0.1) is 0 Å². The molecule has 0 aromatic rings. The predicted octanol–water partition coefficient (Wildman–Crippen LogP) is -0.000400. The molecule has 24 valence electrons. The van der Waals surface area contributed by atoms with E-state index in [0.717, 1.165) is 0 Å². The Morgan fingerprint density at radius 2 is 1.25 bits per heavy atom. The van der Waals surface area contributed by atoms with Gasteiger partial charge in [-0.25, -0.2) is 0 Å². The van der Waals surface area contributed by atoms with Crippen LogP contribution >= 0.6 is 24.0 Å². The van der Waals surface area contributed by atoms with Crippen LogP contribution in [0.4, 0.5) is 0 Å². The fourth-order valence-corrected chi connectivity index (χ4v) is 0. The van der Waals surface area contributed by atoms with Gasteiger partial charge in [-0.3, -0.25) is 0 Å². The Morgan fingerprint density at radius 3 is 1.25 bits per heavy atom.